The molecule has 3 N–H and O–H groups in total. The molecule has 6 heteroatoms. The zero-order chi connectivity index (χ0) is 22.5. The summed E-state index contributed by atoms with van der Waals surface area (Å²) >= 11 is 6.21. The lowest BCUT2D eigenvalue weighted by Gasteiger charge is -2.27. The number of methoxy groups -OCH3 is 1. The maximum atomic E-state index is 12.7. The van der Waals surface area contributed by atoms with E-state index in [1.165, 1.54) is 0 Å². The highest BCUT2D eigenvalue weighted by atomic mass is 35.5. The molecule has 0 bridgehead atoms. The summed E-state index contributed by atoms with van der Waals surface area (Å²) in [6.07, 6.45) is 0.498. The summed E-state index contributed by atoms with van der Waals surface area (Å²) in [6.45, 7) is 7.45. The average molecular weight is 434 g/mol. The second-order valence-corrected chi connectivity index (χ2v) is 8.78. The van der Waals surface area contributed by atoms with E-state index in [0.717, 1.165) is 16.7 Å². The Labute approximate surface area is 184 Å². The van der Waals surface area contributed by atoms with Crippen LogP contribution in [0.2, 0.25) is 5.02 Å². The highest BCUT2D eigenvalue weighted by Gasteiger charge is 2.25. The third kappa shape index (κ3) is 6.21. The first-order valence-electron chi connectivity index (χ1n) is 10.1. The van der Waals surface area contributed by atoms with Crippen molar-refractivity contribution in [3.8, 4) is 5.75 Å². The van der Waals surface area contributed by atoms with Crippen molar-refractivity contribution in [1.29, 1.82) is 0 Å². The topological polar surface area (TPSA) is 78.8 Å². The van der Waals surface area contributed by atoms with Crippen LogP contribution >= 0.6 is 11.6 Å². The molecule has 2 aromatic rings. The monoisotopic (exact) mass is 433 g/mol. The van der Waals surface area contributed by atoms with E-state index >= 15 is 0 Å². The summed E-state index contributed by atoms with van der Waals surface area (Å²) in [5, 5.41) is 24.0. The van der Waals surface area contributed by atoms with Crippen molar-refractivity contribution in [2.24, 2.45) is 0 Å². The van der Waals surface area contributed by atoms with E-state index in [4.69, 9.17) is 16.3 Å². The number of rotatable bonds is 9. The number of benzene rings is 2. The van der Waals surface area contributed by atoms with Gasteiger partial charge in [0.1, 0.15) is 5.75 Å². The Morgan fingerprint density at radius 3 is 2.50 bits per heavy atom. The molecule has 164 valence electrons. The Morgan fingerprint density at radius 1 is 1.23 bits per heavy atom. The van der Waals surface area contributed by atoms with Gasteiger partial charge >= 0.3 is 0 Å². The molecule has 0 spiro atoms. The first kappa shape index (κ1) is 24.2. The minimum Gasteiger partial charge on any atom is -0.497 e. The summed E-state index contributed by atoms with van der Waals surface area (Å²) < 4.78 is 5.20. The van der Waals surface area contributed by atoms with Crippen LogP contribution in [0.1, 0.15) is 55.9 Å². The summed E-state index contributed by atoms with van der Waals surface area (Å²) in [5.41, 5.74) is 2.48. The van der Waals surface area contributed by atoms with E-state index < -0.39 is 11.6 Å². The van der Waals surface area contributed by atoms with Gasteiger partial charge in [0.15, 0.2) is 0 Å². The molecule has 0 fully saturated rings. The van der Waals surface area contributed by atoms with Crippen LogP contribution in [0.5, 0.6) is 5.75 Å². The summed E-state index contributed by atoms with van der Waals surface area (Å²) in [5.74, 6) is 0.630. The third-order valence-corrected chi connectivity index (χ3v) is 5.50. The summed E-state index contributed by atoms with van der Waals surface area (Å²) in [7, 11) is 1.56. The number of carbonyl (C=O) groups excluding carboxylic acids is 1. The molecule has 0 aliphatic carbocycles. The minimum absolute atomic E-state index is 0.0801. The molecule has 0 aliphatic heterocycles. The van der Waals surface area contributed by atoms with E-state index in [1.807, 2.05) is 18.2 Å². The number of aliphatic hydroxyl groups is 2. The van der Waals surface area contributed by atoms with Gasteiger partial charge in [-0.25, -0.2) is 0 Å². The smallest absolute Gasteiger partial charge is 0.224 e. The predicted molar refractivity (Wildman–Crippen MR) is 120 cm³/mol. The average Bonchev–Trinajstić information content (AvgIpc) is 2.68. The zero-order valence-electron chi connectivity index (χ0n) is 18.3. The van der Waals surface area contributed by atoms with E-state index in [2.05, 4.69) is 19.2 Å². The van der Waals surface area contributed by atoms with Gasteiger partial charge in [-0.05, 0) is 66.6 Å². The SMILES string of the molecule is COc1ccc(Cl)c(CC(=O)NC(CO)Cc2c(C(C)C)cccc2C(C)(C)O)c1. The van der Waals surface area contributed by atoms with Crippen LogP contribution in [-0.4, -0.2) is 35.9 Å². The van der Waals surface area contributed by atoms with Crippen LogP contribution in [0, 0.1) is 0 Å². The molecule has 5 nitrogen and oxygen atoms in total. The molecule has 30 heavy (non-hydrogen) atoms. The maximum absolute atomic E-state index is 12.7. The van der Waals surface area contributed by atoms with Crippen LogP contribution in [0.15, 0.2) is 36.4 Å². The van der Waals surface area contributed by atoms with E-state index in [9.17, 15) is 15.0 Å². The lowest BCUT2D eigenvalue weighted by atomic mass is 9.84. The van der Waals surface area contributed by atoms with Crippen molar-refractivity contribution >= 4 is 17.5 Å². The van der Waals surface area contributed by atoms with Gasteiger partial charge in [0.25, 0.3) is 0 Å². The summed E-state index contributed by atoms with van der Waals surface area (Å²) in [6, 6.07) is 10.5. The Balaban J connectivity index is 2.23. The Kier molecular flexibility index (Phi) is 8.30. The molecule has 0 heterocycles. The second kappa shape index (κ2) is 10.3. The molecule has 1 amide bonds. The fourth-order valence-electron chi connectivity index (χ4n) is 3.62. The Hall–Kier alpha value is -2.08. The molecule has 1 atom stereocenters. The van der Waals surface area contributed by atoms with Crippen LogP contribution in [0.4, 0.5) is 0 Å². The van der Waals surface area contributed by atoms with Crippen molar-refractivity contribution < 1.29 is 19.7 Å². The molecule has 0 saturated carbocycles. The molecule has 0 aromatic heterocycles. The third-order valence-electron chi connectivity index (χ3n) is 5.13. The quantitative estimate of drug-likeness (QED) is 0.559. The summed E-state index contributed by atoms with van der Waals surface area (Å²) in [4.78, 5) is 12.7. The van der Waals surface area contributed by atoms with Gasteiger partial charge in [-0.3, -0.25) is 4.79 Å². The van der Waals surface area contributed by atoms with E-state index in [1.54, 1.807) is 39.2 Å². The molecule has 2 rings (SSSR count). The lowest BCUT2D eigenvalue weighted by Crippen LogP contribution is -2.40. The normalized spacial score (nSPS) is 12.7. The number of hydrogen-bond donors (Lipinski definition) is 3. The molecule has 1 unspecified atom stereocenters. The van der Waals surface area contributed by atoms with Crippen molar-refractivity contribution in [3.63, 3.8) is 0 Å². The van der Waals surface area contributed by atoms with Crippen LogP contribution in [0.3, 0.4) is 0 Å². The molecule has 0 radical (unpaired) electrons. The van der Waals surface area contributed by atoms with Crippen LogP contribution in [0.25, 0.3) is 0 Å². The molecule has 2 aromatic carbocycles. The molecular formula is C24H32ClNO4. The molecule has 0 saturated heterocycles. The van der Waals surface area contributed by atoms with Gasteiger partial charge in [0, 0.05) is 5.02 Å². The van der Waals surface area contributed by atoms with Gasteiger partial charge in [-0.2, -0.15) is 0 Å². The Morgan fingerprint density at radius 2 is 1.93 bits per heavy atom. The first-order valence-corrected chi connectivity index (χ1v) is 10.5. The number of aliphatic hydroxyl groups excluding tert-OH is 1. The van der Waals surface area contributed by atoms with Crippen molar-refractivity contribution in [2.75, 3.05) is 13.7 Å². The van der Waals surface area contributed by atoms with Gasteiger partial charge < -0.3 is 20.3 Å². The van der Waals surface area contributed by atoms with E-state index in [-0.39, 0.29) is 24.9 Å². The zero-order valence-corrected chi connectivity index (χ0v) is 19.1. The highest BCUT2D eigenvalue weighted by molar-refractivity contribution is 6.31. The standard InChI is InChI=1S/C24H32ClNO4/c1-15(2)19-7-6-8-21(24(3,4)29)20(19)13-17(14-27)26-23(28)12-16-11-18(30-5)9-10-22(16)25/h6-11,15,17,27,29H,12-14H2,1-5H3,(H,26,28). The number of hydrogen-bond acceptors (Lipinski definition) is 4. The Bertz CT molecular complexity index is 874. The van der Waals surface area contributed by atoms with Crippen molar-refractivity contribution in [1.82, 2.24) is 5.32 Å². The van der Waals surface area contributed by atoms with E-state index in [0.29, 0.717) is 22.8 Å². The predicted octanol–water partition coefficient (Wildman–Crippen LogP) is 3.96. The number of halogens is 1. The van der Waals surface area contributed by atoms with Crippen LogP contribution in [-0.2, 0) is 23.2 Å². The number of ether oxygens (including phenoxy) is 1. The molecule has 0 aliphatic rings. The van der Waals surface area contributed by atoms with Gasteiger partial charge in [-0.15, -0.1) is 0 Å². The first-order chi connectivity index (χ1) is 14.1. The van der Waals surface area contributed by atoms with Gasteiger partial charge in [0.2, 0.25) is 5.91 Å². The van der Waals surface area contributed by atoms with Crippen LogP contribution < -0.4 is 10.1 Å². The van der Waals surface area contributed by atoms with Gasteiger partial charge in [-0.1, -0.05) is 43.6 Å². The minimum atomic E-state index is -1.03. The number of carbonyl (C=O) groups is 1. The fourth-order valence-corrected chi connectivity index (χ4v) is 3.80. The highest BCUT2D eigenvalue weighted by Crippen LogP contribution is 2.31. The van der Waals surface area contributed by atoms with Crippen molar-refractivity contribution in [3.05, 3.63) is 63.7 Å². The fraction of sp³-hybridized carbons (Fsp3) is 0.458. The largest absolute Gasteiger partial charge is 0.497 e. The maximum Gasteiger partial charge on any atom is 0.224 e. The molecular weight excluding hydrogens is 402 g/mol. The van der Waals surface area contributed by atoms with Crippen molar-refractivity contribution in [2.45, 2.75) is 58.1 Å². The number of nitrogens with one attached hydrogen (secondary N) is 1. The van der Waals surface area contributed by atoms with Gasteiger partial charge in [0.05, 0.1) is 31.8 Å². The number of amides is 1. The second-order valence-electron chi connectivity index (χ2n) is 8.37. The lowest BCUT2D eigenvalue weighted by molar-refractivity contribution is -0.121.